The van der Waals surface area contributed by atoms with Crippen LogP contribution in [0.5, 0.6) is 5.75 Å². The Labute approximate surface area is 102 Å². The van der Waals surface area contributed by atoms with Crippen molar-refractivity contribution < 1.29 is 23.0 Å². The molecule has 0 bridgehead atoms. The summed E-state index contributed by atoms with van der Waals surface area (Å²) < 4.78 is 34.9. The predicted molar refractivity (Wildman–Crippen MR) is 58.9 cm³/mol. The van der Waals surface area contributed by atoms with Crippen LogP contribution in [0, 0.1) is 0 Å². The van der Waals surface area contributed by atoms with E-state index >= 15 is 0 Å². The van der Waals surface area contributed by atoms with Crippen LogP contribution in [-0.4, -0.2) is 31.5 Å². The first kappa shape index (κ1) is 13.7. The molecule has 94 valence electrons. The van der Waals surface area contributed by atoms with Crippen molar-refractivity contribution in [3.05, 3.63) is 29.8 Å². The van der Waals surface area contributed by atoms with Crippen LogP contribution in [0.2, 0.25) is 0 Å². The smallest absolute Gasteiger partial charge is 0.337 e. The zero-order chi connectivity index (χ0) is 12.9. The van der Waals surface area contributed by atoms with Gasteiger partial charge in [-0.15, -0.1) is 11.6 Å². The normalized spacial score (nSPS) is 11.1. The van der Waals surface area contributed by atoms with Crippen molar-refractivity contribution >= 4 is 17.6 Å². The number of hydrogen-bond donors (Lipinski definition) is 0. The van der Waals surface area contributed by atoms with Gasteiger partial charge >= 0.3 is 5.97 Å². The third-order valence-corrected chi connectivity index (χ3v) is 2.31. The molecule has 0 spiro atoms. The lowest BCUT2D eigenvalue weighted by atomic mass is 10.2. The van der Waals surface area contributed by atoms with Gasteiger partial charge in [0.15, 0.2) is 6.61 Å². The van der Waals surface area contributed by atoms with E-state index in [9.17, 15) is 13.6 Å². The Morgan fingerprint density at radius 2 is 1.94 bits per heavy atom. The molecule has 6 heteroatoms. The highest BCUT2D eigenvalue weighted by atomic mass is 35.5. The Bertz CT molecular complexity index is 379. The summed E-state index contributed by atoms with van der Waals surface area (Å²) in [5.74, 6) is -4.12. The Morgan fingerprint density at radius 3 is 2.41 bits per heavy atom. The molecule has 0 aliphatic rings. The highest BCUT2D eigenvalue weighted by molar-refractivity contribution is 6.18. The minimum atomic E-state index is -3.07. The average Bonchev–Trinajstić information content (AvgIpc) is 2.36. The van der Waals surface area contributed by atoms with Gasteiger partial charge in [-0.1, -0.05) is 0 Å². The van der Waals surface area contributed by atoms with Gasteiger partial charge in [0.25, 0.3) is 5.92 Å². The van der Waals surface area contributed by atoms with Gasteiger partial charge in [-0.25, -0.2) is 13.6 Å². The van der Waals surface area contributed by atoms with Gasteiger partial charge in [0.05, 0.1) is 18.6 Å². The fraction of sp³-hybridized carbons (Fsp3) is 0.364. The van der Waals surface area contributed by atoms with E-state index in [1.807, 2.05) is 0 Å². The maximum Gasteiger partial charge on any atom is 0.337 e. The summed E-state index contributed by atoms with van der Waals surface area (Å²) in [5.41, 5.74) is 0.323. The monoisotopic (exact) mass is 264 g/mol. The minimum absolute atomic E-state index is 0.238. The van der Waals surface area contributed by atoms with E-state index in [0.29, 0.717) is 5.56 Å². The van der Waals surface area contributed by atoms with E-state index < -0.39 is 24.4 Å². The highest BCUT2D eigenvalue weighted by Crippen LogP contribution is 2.19. The summed E-state index contributed by atoms with van der Waals surface area (Å²) in [6, 6.07) is 5.69. The molecule has 0 saturated carbocycles. The quantitative estimate of drug-likeness (QED) is 0.606. The Kier molecular flexibility index (Phi) is 4.69. The largest absolute Gasteiger partial charge is 0.487 e. The average molecular weight is 265 g/mol. The molecule has 0 unspecified atom stereocenters. The van der Waals surface area contributed by atoms with Crippen molar-refractivity contribution in [2.24, 2.45) is 0 Å². The second-order valence-electron chi connectivity index (χ2n) is 3.29. The van der Waals surface area contributed by atoms with Crippen LogP contribution < -0.4 is 4.74 Å². The Morgan fingerprint density at radius 1 is 1.35 bits per heavy atom. The van der Waals surface area contributed by atoms with Crippen molar-refractivity contribution in [2.75, 3.05) is 19.6 Å². The van der Waals surface area contributed by atoms with E-state index in [0.717, 1.165) is 0 Å². The van der Waals surface area contributed by atoms with Crippen molar-refractivity contribution in [3.63, 3.8) is 0 Å². The van der Waals surface area contributed by atoms with E-state index in [1.165, 1.54) is 31.4 Å². The fourth-order valence-corrected chi connectivity index (χ4v) is 1.11. The Hall–Kier alpha value is -1.36. The molecule has 0 aliphatic heterocycles. The molecule has 0 fully saturated rings. The SMILES string of the molecule is COC(=O)c1ccc(OCC(F)(F)CCl)cc1. The van der Waals surface area contributed by atoms with Crippen LogP contribution in [0.15, 0.2) is 24.3 Å². The molecule has 0 atom stereocenters. The summed E-state index contributed by atoms with van der Waals surface area (Å²) in [5, 5.41) is 0. The van der Waals surface area contributed by atoms with Crippen LogP contribution in [0.3, 0.4) is 0 Å². The molecule has 0 aromatic heterocycles. The number of hydrogen-bond acceptors (Lipinski definition) is 3. The summed E-state index contributed by atoms with van der Waals surface area (Å²) in [7, 11) is 1.26. The van der Waals surface area contributed by atoms with Crippen LogP contribution >= 0.6 is 11.6 Å². The summed E-state index contributed by atoms with van der Waals surface area (Å²) in [6.07, 6.45) is 0. The number of ether oxygens (including phenoxy) is 2. The zero-order valence-corrected chi connectivity index (χ0v) is 9.84. The maximum atomic E-state index is 12.8. The highest BCUT2D eigenvalue weighted by Gasteiger charge is 2.28. The second kappa shape index (κ2) is 5.82. The number of halogens is 3. The molecule has 0 heterocycles. The van der Waals surface area contributed by atoms with Crippen LogP contribution in [0.1, 0.15) is 10.4 Å². The molecule has 0 amide bonds. The number of alkyl halides is 3. The van der Waals surface area contributed by atoms with Crippen LogP contribution in [0.25, 0.3) is 0 Å². The maximum absolute atomic E-state index is 12.8. The van der Waals surface area contributed by atoms with Crippen molar-refractivity contribution in [1.82, 2.24) is 0 Å². The van der Waals surface area contributed by atoms with Crippen molar-refractivity contribution in [3.8, 4) is 5.75 Å². The number of carbonyl (C=O) groups is 1. The third-order valence-electron chi connectivity index (χ3n) is 1.92. The van der Waals surface area contributed by atoms with Gasteiger partial charge in [-0.3, -0.25) is 0 Å². The Balaban J connectivity index is 2.60. The molecule has 0 aliphatic carbocycles. The predicted octanol–water partition coefficient (Wildman–Crippen LogP) is 2.73. The first-order valence-corrected chi connectivity index (χ1v) is 5.27. The standard InChI is InChI=1S/C11H11ClF2O3/c1-16-10(15)8-2-4-9(5-3-8)17-7-11(13,14)6-12/h2-5H,6-7H2,1H3. The van der Waals surface area contributed by atoms with Gasteiger partial charge < -0.3 is 9.47 Å². The summed E-state index contributed by atoms with van der Waals surface area (Å²) in [6.45, 7) is -0.798. The summed E-state index contributed by atoms with van der Waals surface area (Å²) in [4.78, 5) is 11.1. The lowest BCUT2D eigenvalue weighted by molar-refractivity contribution is -0.0195. The number of benzene rings is 1. The molecule has 17 heavy (non-hydrogen) atoms. The second-order valence-corrected chi connectivity index (χ2v) is 3.56. The molecule has 1 aromatic rings. The van der Waals surface area contributed by atoms with E-state index in [2.05, 4.69) is 4.74 Å². The molecular formula is C11H11ClF2O3. The third kappa shape index (κ3) is 4.19. The molecule has 1 rings (SSSR count). The first-order chi connectivity index (χ1) is 7.98. The van der Waals surface area contributed by atoms with Crippen molar-refractivity contribution in [1.29, 1.82) is 0 Å². The van der Waals surface area contributed by atoms with Crippen molar-refractivity contribution in [2.45, 2.75) is 5.92 Å². The van der Waals surface area contributed by atoms with E-state index in [4.69, 9.17) is 16.3 Å². The molecule has 1 aromatic carbocycles. The van der Waals surface area contributed by atoms with Gasteiger partial charge in [-0.05, 0) is 24.3 Å². The van der Waals surface area contributed by atoms with Gasteiger partial charge in [-0.2, -0.15) is 0 Å². The van der Waals surface area contributed by atoms with Gasteiger partial charge in [0.1, 0.15) is 5.75 Å². The molecule has 0 radical (unpaired) electrons. The molecule has 0 saturated heterocycles. The van der Waals surface area contributed by atoms with E-state index in [1.54, 1.807) is 0 Å². The lowest BCUT2D eigenvalue weighted by Gasteiger charge is -2.14. The number of esters is 1. The topological polar surface area (TPSA) is 35.5 Å². The van der Waals surface area contributed by atoms with Gasteiger partial charge in [0, 0.05) is 0 Å². The van der Waals surface area contributed by atoms with Crippen LogP contribution in [0.4, 0.5) is 8.78 Å². The first-order valence-electron chi connectivity index (χ1n) is 4.73. The molecule has 3 nitrogen and oxygen atoms in total. The number of carbonyl (C=O) groups excluding carboxylic acids is 1. The lowest BCUT2D eigenvalue weighted by Crippen LogP contribution is -2.27. The number of methoxy groups -OCH3 is 1. The molecular weight excluding hydrogens is 254 g/mol. The zero-order valence-electron chi connectivity index (χ0n) is 9.08. The molecule has 0 N–H and O–H groups in total. The number of rotatable bonds is 5. The van der Waals surface area contributed by atoms with Gasteiger partial charge in [0.2, 0.25) is 0 Å². The fourth-order valence-electron chi connectivity index (χ4n) is 1.03. The summed E-state index contributed by atoms with van der Waals surface area (Å²) >= 11 is 5.05. The van der Waals surface area contributed by atoms with Crippen LogP contribution in [-0.2, 0) is 4.74 Å². The van der Waals surface area contributed by atoms with E-state index in [-0.39, 0.29) is 5.75 Å². The minimum Gasteiger partial charge on any atom is -0.487 e.